The van der Waals surface area contributed by atoms with Crippen LogP contribution in [0.1, 0.15) is 22.7 Å². The zero-order valence-electron chi connectivity index (χ0n) is 12.2. The Morgan fingerprint density at radius 1 is 0.840 bits per heavy atom. The second-order valence-corrected chi connectivity index (χ2v) is 4.83. The third-order valence-corrected chi connectivity index (χ3v) is 3.13. The van der Waals surface area contributed by atoms with Crippen LogP contribution in [0.2, 0.25) is 0 Å². The summed E-state index contributed by atoms with van der Waals surface area (Å²) in [5.41, 5.74) is 4.54. The number of rotatable bonds is 3. The molecule has 0 aliphatic carbocycles. The predicted molar refractivity (Wildman–Crippen MR) is 77.8 cm³/mol. The number of alkyl halides is 6. The highest BCUT2D eigenvalue weighted by Crippen LogP contribution is 2.34. The molecule has 0 spiro atoms. The Labute approximate surface area is 143 Å². The van der Waals surface area contributed by atoms with Crippen molar-refractivity contribution in [3.8, 4) is 5.75 Å². The molecule has 0 aliphatic rings. The molecule has 2 aromatic carbocycles. The van der Waals surface area contributed by atoms with Gasteiger partial charge in [0.25, 0.3) is 0 Å². The lowest BCUT2D eigenvalue weighted by atomic mass is 9.97. The Kier molecular flexibility index (Phi) is 6.30. The minimum atomic E-state index is -4.88. The molecule has 1 atom stereocenters. The lowest BCUT2D eigenvalue weighted by Crippen LogP contribution is -2.17. The van der Waals surface area contributed by atoms with Gasteiger partial charge in [0.1, 0.15) is 11.6 Å². The molecule has 0 saturated heterocycles. The Hall–Kier alpha value is -2.00. The third kappa shape index (κ3) is 5.50. The highest BCUT2D eigenvalue weighted by Gasteiger charge is 2.34. The van der Waals surface area contributed by atoms with Crippen molar-refractivity contribution in [3.05, 3.63) is 65.0 Å². The van der Waals surface area contributed by atoms with Gasteiger partial charge in [0, 0.05) is 0 Å². The topological polar surface area (TPSA) is 35.2 Å². The average molecular weight is 390 g/mol. The van der Waals surface area contributed by atoms with E-state index in [-0.39, 0.29) is 23.5 Å². The number of ether oxygens (including phenoxy) is 1. The average Bonchev–Trinajstić information content (AvgIpc) is 2.45. The fourth-order valence-corrected chi connectivity index (χ4v) is 2.02. The molecule has 0 fully saturated rings. The van der Waals surface area contributed by atoms with Crippen LogP contribution in [0.15, 0.2) is 42.5 Å². The molecule has 2 aromatic rings. The van der Waals surface area contributed by atoms with Crippen LogP contribution < -0.4 is 10.5 Å². The standard InChI is InChI=1S/C15H10F7NO.ClH/c16-12-6-3-9(7-11(12)14(17,18)19)13(23)8-1-4-10(5-2-8)24-15(20,21)22;/h1-7,13H,23H2;1H/t13-;/m1./s1. The first kappa shape index (κ1) is 21.0. The molecule has 25 heavy (non-hydrogen) atoms. The van der Waals surface area contributed by atoms with Gasteiger partial charge in [0.15, 0.2) is 0 Å². The van der Waals surface area contributed by atoms with E-state index in [0.717, 1.165) is 18.2 Å². The first-order valence-corrected chi connectivity index (χ1v) is 6.45. The van der Waals surface area contributed by atoms with E-state index in [1.54, 1.807) is 0 Å². The molecule has 0 bridgehead atoms. The van der Waals surface area contributed by atoms with Crippen LogP contribution in [0.25, 0.3) is 0 Å². The maximum Gasteiger partial charge on any atom is 0.573 e. The predicted octanol–water partition coefficient (Wildman–Crippen LogP) is 5.21. The van der Waals surface area contributed by atoms with Crippen molar-refractivity contribution in [3.63, 3.8) is 0 Å². The molecule has 2 nitrogen and oxygen atoms in total. The number of halogens is 8. The fourth-order valence-electron chi connectivity index (χ4n) is 2.02. The third-order valence-electron chi connectivity index (χ3n) is 3.13. The molecular weight excluding hydrogens is 379 g/mol. The summed E-state index contributed by atoms with van der Waals surface area (Å²) in [4.78, 5) is 0. The highest BCUT2D eigenvalue weighted by molar-refractivity contribution is 5.85. The van der Waals surface area contributed by atoms with Gasteiger partial charge in [-0.1, -0.05) is 18.2 Å². The summed E-state index contributed by atoms with van der Waals surface area (Å²) >= 11 is 0. The van der Waals surface area contributed by atoms with E-state index in [0.29, 0.717) is 12.1 Å². The van der Waals surface area contributed by atoms with Crippen LogP contribution in [0, 0.1) is 5.82 Å². The van der Waals surface area contributed by atoms with Gasteiger partial charge in [-0.05, 0) is 35.4 Å². The summed E-state index contributed by atoms with van der Waals surface area (Å²) in [6.07, 6.45) is -9.74. The maximum absolute atomic E-state index is 13.3. The maximum atomic E-state index is 13.3. The molecule has 0 radical (unpaired) electrons. The molecule has 0 aliphatic heterocycles. The molecule has 0 unspecified atom stereocenters. The van der Waals surface area contributed by atoms with Gasteiger partial charge in [-0.25, -0.2) is 4.39 Å². The van der Waals surface area contributed by atoms with Gasteiger partial charge in [0.05, 0.1) is 11.6 Å². The van der Waals surface area contributed by atoms with E-state index >= 15 is 0 Å². The summed E-state index contributed by atoms with van der Waals surface area (Å²) in [5, 5.41) is 0. The van der Waals surface area contributed by atoms with E-state index < -0.39 is 35.7 Å². The first-order valence-electron chi connectivity index (χ1n) is 6.45. The van der Waals surface area contributed by atoms with Crippen LogP contribution in [0.5, 0.6) is 5.75 Å². The van der Waals surface area contributed by atoms with Gasteiger partial charge < -0.3 is 10.5 Å². The van der Waals surface area contributed by atoms with E-state index in [1.165, 1.54) is 12.1 Å². The minimum Gasteiger partial charge on any atom is -0.406 e. The highest BCUT2D eigenvalue weighted by atomic mass is 35.5. The van der Waals surface area contributed by atoms with Crippen molar-refractivity contribution in [2.45, 2.75) is 18.6 Å². The summed E-state index contributed by atoms with van der Waals surface area (Å²) in [7, 11) is 0. The van der Waals surface area contributed by atoms with Crippen molar-refractivity contribution in [1.29, 1.82) is 0 Å². The van der Waals surface area contributed by atoms with Crippen molar-refractivity contribution in [2.75, 3.05) is 0 Å². The normalized spacial score (nSPS) is 13.1. The smallest absolute Gasteiger partial charge is 0.406 e. The Morgan fingerprint density at radius 3 is 1.84 bits per heavy atom. The summed E-state index contributed by atoms with van der Waals surface area (Å²) < 4.78 is 91.3. The van der Waals surface area contributed by atoms with Crippen molar-refractivity contribution >= 4 is 12.4 Å². The number of hydrogen-bond acceptors (Lipinski definition) is 2. The van der Waals surface area contributed by atoms with Gasteiger partial charge in [-0.2, -0.15) is 13.2 Å². The van der Waals surface area contributed by atoms with Crippen molar-refractivity contribution in [1.82, 2.24) is 0 Å². The van der Waals surface area contributed by atoms with Crippen LogP contribution >= 0.6 is 12.4 Å². The SMILES string of the molecule is Cl.N[C@H](c1ccc(OC(F)(F)F)cc1)c1ccc(F)c(C(F)(F)F)c1. The largest absolute Gasteiger partial charge is 0.573 e. The first-order chi connectivity index (χ1) is 11.0. The number of hydrogen-bond donors (Lipinski definition) is 1. The molecule has 0 aromatic heterocycles. The Bertz CT molecular complexity index is 713. The van der Waals surface area contributed by atoms with Gasteiger partial charge >= 0.3 is 12.5 Å². The van der Waals surface area contributed by atoms with Gasteiger partial charge in [0.2, 0.25) is 0 Å². The number of benzene rings is 2. The Morgan fingerprint density at radius 2 is 1.36 bits per heavy atom. The van der Waals surface area contributed by atoms with E-state index in [9.17, 15) is 30.7 Å². The summed E-state index contributed by atoms with van der Waals surface area (Å²) in [5.74, 6) is -1.93. The Balaban J connectivity index is 0.00000312. The van der Waals surface area contributed by atoms with Crippen molar-refractivity contribution < 1.29 is 35.5 Å². The quantitative estimate of drug-likeness (QED) is 0.731. The monoisotopic (exact) mass is 389 g/mol. The van der Waals surface area contributed by atoms with Crippen LogP contribution in [0.4, 0.5) is 30.7 Å². The molecule has 2 rings (SSSR count). The van der Waals surface area contributed by atoms with Crippen molar-refractivity contribution in [2.24, 2.45) is 5.73 Å². The van der Waals surface area contributed by atoms with E-state index in [1.807, 2.05) is 0 Å². The van der Waals surface area contributed by atoms with Crippen LogP contribution in [0.3, 0.4) is 0 Å². The van der Waals surface area contributed by atoms with Gasteiger partial charge in [-0.15, -0.1) is 25.6 Å². The second-order valence-electron chi connectivity index (χ2n) is 4.83. The zero-order valence-corrected chi connectivity index (χ0v) is 13.0. The lowest BCUT2D eigenvalue weighted by molar-refractivity contribution is -0.274. The second kappa shape index (κ2) is 7.49. The van der Waals surface area contributed by atoms with Crippen LogP contribution in [-0.2, 0) is 6.18 Å². The zero-order chi connectivity index (χ0) is 18.1. The fraction of sp³-hybridized carbons (Fsp3) is 0.200. The number of nitrogens with two attached hydrogens (primary N) is 1. The van der Waals surface area contributed by atoms with E-state index in [2.05, 4.69) is 4.74 Å². The van der Waals surface area contributed by atoms with Crippen LogP contribution in [-0.4, -0.2) is 6.36 Å². The summed E-state index contributed by atoms with van der Waals surface area (Å²) in [6, 6.07) is 5.54. The molecule has 0 saturated carbocycles. The molecule has 0 heterocycles. The molecule has 10 heteroatoms. The molecule has 2 N–H and O–H groups in total. The minimum absolute atomic E-state index is 0. The summed E-state index contributed by atoms with van der Waals surface area (Å²) in [6.45, 7) is 0. The molecule has 138 valence electrons. The van der Waals surface area contributed by atoms with E-state index in [4.69, 9.17) is 5.73 Å². The van der Waals surface area contributed by atoms with Gasteiger partial charge in [-0.3, -0.25) is 0 Å². The molecular formula is C15H11ClF7NO. The molecule has 0 amide bonds. The lowest BCUT2D eigenvalue weighted by Gasteiger charge is -2.16.